The lowest BCUT2D eigenvalue weighted by Crippen LogP contribution is -2.38. The van der Waals surface area contributed by atoms with Gasteiger partial charge in [-0.2, -0.15) is 0 Å². The van der Waals surface area contributed by atoms with Gasteiger partial charge in [-0.05, 0) is 36.6 Å². The molecule has 0 aliphatic rings. The molecule has 2 rings (SSSR count). The Morgan fingerprint density at radius 1 is 1.08 bits per heavy atom. The highest BCUT2D eigenvalue weighted by atomic mass is 19.1. The first kappa shape index (κ1) is 17.9. The van der Waals surface area contributed by atoms with Crippen LogP contribution in [0, 0.1) is 5.82 Å². The summed E-state index contributed by atoms with van der Waals surface area (Å²) < 4.78 is 12.9. The van der Waals surface area contributed by atoms with Gasteiger partial charge in [0.15, 0.2) is 5.96 Å². The van der Waals surface area contributed by atoms with E-state index in [1.807, 2.05) is 25.1 Å². The van der Waals surface area contributed by atoms with Crippen LogP contribution >= 0.6 is 0 Å². The Bertz CT molecular complexity index is 629. The van der Waals surface area contributed by atoms with E-state index in [0.29, 0.717) is 11.5 Å². The molecule has 2 aromatic rings. The van der Waals surface area contributed by atoms with E-state index in [1.54, 1.807) is 12.1 Å². The van der Waals surface area contributed by atoms with Gasteiger partial charge in [0.25, 0.3) is 0 Å². The van der Waals surface area contributed by atoms with E-state index in [2.05, 4.69) is 27.8 Å². The fourth-order valence-electron chi connectivity index (χ4n) is 2.28. The molecule has 2 aromatic carbocycles. The molecule has 0 fully saturated rings. The molecule has 0 spiro atoms. The van der Waals surface area contributed by atoms with Crippen LogP contribution in [0.3, 0.4) is 0 Å². The Morgan fingerprint density at radius 3 is 2.46 bits per heavy atom. The van der Waals surface area contributed by atoms with Gasteiger partial charge in [0, 0.05) is 13.1 Å². The monoisotopic (exact) mass is 329 g/mol. The predicted octanol–water partition coefficient (Wildman–Crippen LogP) is 2.66. The van der Waals surface area contributed by atoms with Gasteiger partial charge < -0.3 is 15.7 Å². The number of rotatable bonds is 7. The maximum atomic E-state index is 12.9. The summed E-state index contributed by atoms with van der Waals surface area (Å²) in [5.74, 6) is 0.347. The highest BCUT2D eigenvalue weighted by Gasteiger charge is 2.07. The summed E-state index contributed by atoms with van der Waals surface area (Å²) in [4.78, 5) is 4.39. The second-order valence-electron chi connectivity index (χ2n) is 5.45. The summed E-state index contributed by atoms with van der Waals surface area (Å²) in [6.45, 7) is 3.70. The van der Waals surface area contributed by atoms with Gasteiger partial charge in [0.1, 0.15) is 5.82 Å². The summed E-state index contributed by atoms with van der Waals surface area (Å²) in [7, 11) is 0. The molecule has 0 radical (unpaired) electrons. The Kier molecular flexibility index (Phi) is 7.23. The zero-order valence-electron chi connectivity index (χ0n) is 13.9. The summed E-state index contributed by atoms with van der Waals surface area (Å²) in [5, 5.41) is 16.6. The first-order valence-electron chi connectivity index (χ1n) is 8.18. The summed E-state index contributed by atoms with van der Waals surface area (Å²) in [6.07, 6.45) is 0.140. The van der Waals surface area contributed by atoms with Crippen LogP contribution in [0.15, 0.2) is 59.6 Å². The summed E-state index contributed by atoms with van der Waals surface area (Å²) >= 11 is 0. The average Bonchev–Trinajstić information content (AvgIpc) is 2.61. The van der Waals surface area contributed by atoms with Crippen molar-refractivity contribution < 1.29 is 9.50 Å². The molecule has 0 aliphatic heterocycles. The Labute approximate surface area is 142 Å². The molecule has 0 aromatic heterocycles. The normalized spacial score (nSPS) is 12.7. The van der Waals surface area contributed by atoms with Crippen molar-refractivity contribution in [1.82, 2.24) is 10.6 Å². The van der Waals surface area contributed by atoms with E-state index in [4.69, 9.17) is 0 Å². The lowest BCUT2D eigenvalue weighted by molar-refractivity contribution is 0.187. The van der Waals surface area contributed by atoms with Crippen molar-refractivity contribution in [3.63, 3.8) is 0 Å². The lowest BCUT2D eigenvalue weighted by atomic mass is 10.1. The zero-order valence-corrected chi connectivity index (χ0v) is 13.9. The van der Waals surface area contributed by atoms with E-state index >= 15 is 0 Å². The Morgan fingerprint density at radius 2 is 1.79 bits per heavy atom. The molecule has 24 heavy (non-hydrogen) atoms. The minimum atomic E-state index is -0.754. The van der Waals surface area contributed by atoms with E-state index in [-0.39, 0.29) is 12.4 Å². The number of hydrogen-bond acceptors (Lipinski definition) is 2. The van der Waals surface area contributed by atoms with E-state index in [0.717, 1.165) is 19.5 Å². The number of halogens is 1. The number of aliphatic imine (C=N–C) groups is 1. The maximum absolute atomic E-state index is 12.9. The van der Waals surface area contributed by atoms with Crippen molar-refractivity contribution in [2.45, 2.75) is 19.4 Å². The third-order valence-corrected chi connectivity index (χ3v) is 3.57. The number of benzene rings is 2. The summed E-state index contributed by atoms with van der Waals surface area (Å²) in [5.41, 5.74) is 1.91. The number of aliphatic hydroxyl groups excluding tert-OH is 1. The zero-order chi connectivity index (χ0) is 17.2. The van der Waals surface area contributed by atoms with E-state index < -0.39 is 6.10 Å². The number of guanidine groups is 1. The van der Waals surface area contributed by atoms with Gasteiger partial charge in [-0.15, -0.1) is 0 Å². The fourth-order valence-corrected chi connectivity index (χ4v) is 2.28. The largest absolute Gasteiger partial charge is 0.386 e. The minimum Gasteiger partial charge on any atom is -0.386 e. The fraction of sp³-hybridized carbons (Fsp3) is 0.316. The topological polar surface area (TPSA) is 56.7 Å². The van der Waals surface area contributed by atoms with Crippen LogP contribution in [0.4, 0.5) is 4.39 Å². The van der Waals surface area contributed by atoms with Crippen molar-refractivity contribution in [1.29, 1.82) is 0 Å². The van der Waals surface area contributed by atoms with Crippen LogP contribution < -0.4 is 10.6 Å². The molecule has 128 valence electrons. The second-order valence-corrected chi connectivity index (χ2v) is 5.45. The van der Waals surface area contributed by atoms with Gasteiger partial charge in [0.2, 0.25) is 0 Å². The van der Waals surface area contributed by atoms with Crippen LogP contribution in [-0.4, -0.2) is 30.7 Å². The van der Waals surface area contributed by atoms with Gasteiger partial charge in [0.05, 0.1) is 12.6 Å². The van der Waals surface area contributed by atoms with Crippen molar-refractivity contribution in [3.8, 4) is 0 Å². The van der Waals surface area contributed by atoms with Gasteiger partial charge in [-0.3, -0.25) is 4.99 Å². The first-order valence-corrected chi connectivity index (χ1v) is 8.18. The van der Waals surface area contributed by atoms with Crippen molar-refractivity contribution in [2.24, 2.45) is 4.99 Å². The number of nitrogens with zero attached hydrogens (tertiary/aromatic N) is 1. The number of aliphatic hydroxyl groups is 1. The molecule has 0 bridgehead atoms. The van der Waals surface area contributed by atoms with Crippen LogP contribution in [0.1, 0.15) is 24.2 Å². The van der Waals surface area contributed by atoms with Crippen LogP contribution in [0.5, 0.6) is 0 Å². The first-order chi connectivity index (χ1) is 11.7. The smallest absolute Gasteiger partial charge is 0.191 e. The van der Waals surface area contributed by atoms with Crippen LogP contribution in [0.2, 0.25) is 0 Å². The van der Waals surface area contributed by atoms with E-state index in [1.165, 1.54) is 17.7 Å². The average molecular weight is 329 g/mol. The number of hydrogen-bond donors (Lipinski definition) is 3. The molecule has 1 unspecified atom stereocenters. The molecule has 5 heteroatoms. The standard InChI is InChI=1S/C19H24FN3O/c1-2-21-19(22-13-12-15-6-4-3-5-7-15)23-14-18(24)16-8-10-17(20)11-9-16/h3-11,18,24H,2,12-14H2,1H3,(H2,21,22,23). The molecular formula is C19H24FN3O. The van der Waals surface area contributed by atoms with Gasteiger partial charge >= 0.3 is 0 Å². The maximum Gasteiger partial charge on any atom is 0.191 e. The molecule has 0 aliphatic carbocycles. The molecule has 0 heterocycles. The van der Waals surface area contributed by atoms with E-state index in [9.17, 15) is 9.50 Å². The van der Waals surface area contributed by atoms with Gasteiger partial charge in [-0.25, -0.2) is 4.39 Å². The molecule has 1 atom stereocenters. The SMILES string of the molecule is CCNC(=NCC(O)c1ccc(F)cc1)NCCc1ccccc1. The molecule has 0 saturated heterocycles. The molecule has 3 N–H and O–H groups in total. The molecule has 0 amide bonds. The van der Waals surface area contributed by atoms with Crippen molar-refractivity contribution >= 4 is 5.96 Å². The van der Waals surface area contributed by atoms with Gasteiger partial charge in [-0.1, -0.05) is 42.5 Å². The van der Waals surface area contributed by atoms with Crippen molar-refractivity contribution in [2.75, 3.05) is 19.6 Å². The Balaban J connectivity index is 1.86. The second kappa shape index (κ2) is 9.67. The number of nitrogens with one attached hydrogen (secondary N) is 2. The van der Waals surface area contributed by atoms with Crippen LogP contribution in [0.25, 0.3) is 0 Å². The highest BCUT2D eigenvalue weighted by Crippen LogP contribution is 2.13. The highest BCUT2D eigenvalue weighted by molar-refractivity contribution is 5.79. The Hall–Kier alpha value is -2.40. The molecular weight excluding hydrogens is 305 g/mol. The quantitative estimate of drug-likeness (QED) is 0.541. The van der Waals surface area contributed by atoms with Crippen molar-refractivity contribution in [3.05, 3.63) is 71.5 Å². The van der Waals surface area contributed by atoms with Crippen LogP contribution in [-0.2, 0) is 6.42 Å². The minimum absolute atomic E-state index is 0.215. The molecule has 0 saturated carbocycles. The third-order valence-electron chi connectivity index (χ3n) is 3.57. The third kappa shape index (κ3) is 6.01. The lowest BCUT2D eigenvalue weighted by Gasteiger charge is -2.13. The summed E-state index contributed by atoms with van der Waals surface area (Å²) in [6, 6.07) is 16.0. The molecule has 4 nitrogen and oxygen atoms in total. The predicted molar refractivity (Wildman–Crippen MR) is 95.5 cm³/mol.